The minimum absolute atomic E-state index is 0.0374. The topological polar surface area (TPSA) is 55.1 Å². The number of carbonyl (C=O) groups excluding carboxylic acids is 1. The molecule has 1 fully saturated rings. The van der Waals surface area contributed by atoms with Crippen LogP contribution in [0, 0.1) is 13.8 Å². The van der Waals surface area contributed by atoms with Crippen molar-refractivity contribution in [2.45, 2.75) is 52.1 Å². The van der Waals surface area contributed by atoms with Crippen LogP contribution in [-0.4, -0.2) is 37.9 Å². The van der Waals surface area contributed by atoms with E-state index in [-0.39, 0.29) is 18.1 Å². The SMILES string of the molecule is Cc1nn(C)c(C)c1C[C@H](C)NC(=O)N1CCC[C@@H]1c1cccn1C. The van der Waals surface area contributed by atoms with Crippen molar-refractivity contribution < 1.29 is 4.79 Å². The molecule has 6 nitrogen and oxygen atoms in total. The molecule has 0 bridgehead atoms. The summed E-state index contributed by atoms with van der Waals surface area (Å²) < 4.78 is 4.02. The lowest BCUT2D eigenvalue weighted by molar-refractivity contribution is 0.188. The molecule has 2 amide bonds. The van der Waals surface area contributed by atoms with Crippen molar-refractivity contribution in [3.63, 3.8) is 0 Å². The van der Waals surface area contributed by atoms with Crippen LogP contribution in [0.4, 0.5) is 4.79 Å². The van der Waals surface area contributed by atoms with E-state index >= 15 is 0 Å². The summed E-state index contributed by atoms with van der Waals surface area (Å²) in [5.41, 5.74) is 4.65. The number of nitrogens with one attached hydrogen (secondary N) is 1. The Balaban J connectivity index is 1.66. The van der Waals surface area contributed by atoms with Crippen molar-refractivity contribution in [3.05, 3.63) is 41.0 Å². The van der Waals surface area contributed by atoms with Crippen molar-refractivity contribution in [1.29, 1.82) is 0 Å². The predicted octanol–water partition coefficient (Wildman–Crippen LogP) is 2.85. The van der Waals surface area contributed by atoms with Crippen molar-refractivity contribution in [2.24, 2.45) is 14.1 Å². The van der Waals surface area contributed by atoms with Crippen LogP contribution in [-0.2, 0) is 20.5 Å². The van der Waals surface area contributed by atoms with Crippen molar-refractivity contribution in [1.82, 2.24) is 24.6 Å². The minimum atomic E-state index is 0.0374. The maximum absolute atomic E-state index is 12.8. The number of urea groups is 1. The molecule has 0 spiro atoms. The van der Waals surface area contributed by atoms with Gasteiger partial charge < -0.3 is 14.8 Å². The number of carbonyl (C=O) groups is 1. The zero-order chi connectivity index (χ0) is 18.1. The Bertz CT molecular complexity index is 760. The third-order valence-electron chi connectivity index (χ3n) is 5.38. The average Bonchev–Trinajstić information content (AvgIpc) is 3.24. The number of likely N-dealkylation sites (tertiary alicyclic amines) is 1. The highest BCUT2D eigenvalue weighted by atomic mass is 16.2. The molecule has 2 aromatic heterocycles. The molecule has 3 heterocycles. The Morgan fingerprint density at radius 1 is 1.40 bits per heavy atom. The Kier molecular flexibility index (Phi) is 4.88. The number of nitrogens with zero attached hydrogens (tertiary/aromatic N) is 4. The van der Waals surface area contributed by atoms with E-state index in [9.17, 15) is 4.79 Å². The quantitative estimate of drug-likeness (QED) is 0.928. The van der Waals surface area contributed by atoms with Gasteiger partial charge in [0.25, 0.3) is 0 Å². The molecule has 0 unspecified atom stereocenters. The lowest BCUT2D eigenvalue weighted by atomic mass is 10.1. The molecule has 1 N–H and O–H groups in total. The number of amides is 2. The zero-order valence-electron chi connectivity index (χ0n) is 15.9. The van der Waals surface area contributed by atoms with Gasteiger partial charge in [0.1, 0.15) is 0 Å². The zero-order valence-corrected chi connectivity index (χ0v) is 15.9. The van der Waals surface area contributed by atoms with E-state index < -0.39 is 0 Å². The molecule has 25 heavy (non-hydrogen) atoms. The second-order valence-electron chi connectivity index (χ2n) is 7.22. The number of rotatable bonds is 4. The molecule has 1 aliphatic heterocycles. The Morgan fingerprint density at radius 2 is 2.16 bits per heavy atom. The highest BCUT2D eigenvalue weighted by molar-refractivity contribution is 5.75. The summed E-state index contributed by atoms with van der Waals surface area (Å²) >= 11 is 0. The third kappa shape index (κ3) is 3.43. The average molecular weight is 343 g/mol. The van der Waals surface area contributed by atoms with E-state index in [2.05, 4.69) is 34.9 Å². The summed E-state index contributed by atoms with van der Waals surface area (Å²) in [4.78, 5) is 14.8. The first-order valence-electron chi connectivity index (χ1n) is 9.06. The first-order valence-corrected chi connectivity index (χ1v) is 9.06. The second-order valence-corrected chi connectivity index (χ2v) is 7.22. The molecule has 0 radical (unpaired) electrons. The van der Waals surface area contributed by atoms with Gasteiger partial charge in [-0.2, -0.15) is 5.10 Å². The smallest absolute Gasteiger partial charge is 0.318 e. The molecule has 0 saturated carbocycles. The summed E-state index contributed by atoms with van der Waals surface area (Å²) in [6.07, 6.45) is 4.93. The van der Waals surface area contributed by atoms with Gasteiger partial charge in [0.05, 0.1) is 11.7 Å². The minimum Gasteiger partial charge on any atom is -0.353 e. The fraction of sp³-hybridized carbons (Fsp3) is 0.579. The van der Waals surface area contributed by atoms with Gasteiger partial charge in [-0.05, 0) is 57.7 Å². The van der Waals surface area contributed by atoms with Gasteiger partial charge in [-0.3, -0.25) is 4.68 Å². The van der Waals surface area contributed by atoms with Crippen LogP contribution in [0.3, 0.4) is 0 Å². The van der Waals surface area contributed by atoms with E-state index in [1.807, 2.05) is 42.9 Å². The molecule has 2 atom stereocenters. The van der Waals surface area contributed by atoms with Crippen LogP contribution in [0.2, 0.25) is 0 Å². The van der Waals surface area contributed by atoms with Crippen LogP contribution in [0.5, 0.6) is 0 Å². The van der Waals surface area contributed by atoms with Crippen LogP contribution >= 0.6 is 0 Å². The highest BCUT2D eigenvalue weighted by Gasteiger charge is 2.31. The van der Waals surface area contributed by atoms with Gasteiger partial charge in [0, 0.05) is 44.3 Å². The Morgan fingerprint density at radius 3 is 2.76 bits per heavy atom. The highest BCUT2D eigenvalue weighted by Crippen LogP contribution is 2.31. The largest absolute Gasteiger partial charge is 0.353 e. The standard InChI is InChI=1S/C19H29N5O/c1-13(12-16-14(2)21-23(5)15(16)3)20-19(25)24-11-7-9-18(24)17-8-6-10-22(17)4/h6,8,10,13,18H,7,9,11-12H2,1-5H3,(H,20,25)/t13-,18+/m0/s1. The van der Waals surface area contributed by atoms with Crippen molar-refractivity contribution in [2.75, 3.05) is 6.54 Å². The fourth-order valence-corrected chi connectivity index (χ4v) is 3.90. The molecular formula is C19H29N5O. The number of aromatic nitrogens is 3. The van der Waals surface area contributed by atoms with Crippen molar-refractivity contribution >= 4 is 6.03 Å². The summed E-state index contributed by atoms with van der Waals surface area (Å²) in [5.74, 6) is 0. The van der Waals surface area contributed by atoms with Gasteiger partial charge in [0.15, 0.2) is 0 Å². The molecule has 6 heteroatoms. The second kappa shape index (κ2) is 6.94. The van der Waals surface area contributed by atoms with Gasteiger partial charge >= 0.3 is 6.03 Å². The van der Waals surface area contributed by atoms with Crippen LogP contribution in [0.25, 0.3) is 0 Å². The van der Waals surface area contributed by atoms with Gasteiger partial charge in [0.2, 0.25) is 0 Å². The van der Waals surface area contributed by atoms with E-state index in [0.29, 0.717) is 0 Å². The maximum atomic E-state index is 12.8. The third-order valence-corrected chi connectivity index (χ3v) is 5.38. The lowest BCUT2D eigenvalue weighted by Gasteiger charge is -2.27. The monoisotopic (exact) mass is 343 g/mol. The fourth-order valence-electron chi connectivity index (χ4n) is 3.90. The molecule has 1 aliphatic rings. The molecule has 2 aromatic rings. The van der Waals surface area contributed by atoms with Gasteiger partial charge in [-0.25, -0.2) is 4.79 Å². The van der Waals surface area contributed by atoms with E-state index in [0.717, 1.165) is 31.5 Å². The lowest BCUT2D eigenvalue weighted by Crippen LogP contribution is -2.44. The predicted molar refractivity (Wildman–Crippen MR) is 98.5 cm³/mol. The van der Waals surface area contributed by atoms with E-state index in [1.165, 1.54) is 17.0 Å². The summed E-state index contributed by atoms with van der Waals surface area (Å²) in [6.45, 7) is 7.00. The van der Waals surface area contributed by atoms with Crippen LogP contribution in [0.1, 0.15) is 48.5 Å². The molecular weight excluding hydrogens is 314 g/mol. The summed E-state index contributed by atoms with van der Waals surface area (Å²) in [7, 11) is 4.00. The first-order chi connectivity index (χ1) is 11.9. The van der Waals surface area contributed by atoms with Crippen LogP contribution in [0.15, 0.2) is 18.3 Å². The van der Waals surface area contributed by atoms with E-state index in [1.54, 1.807) is 0 Å². The van der Waals surface area contributed by atoms with Crippen molar-refractivity contribution in [3.8, 4) is 0 Å². The van der Waals surface area contributed by atoms with E-state index in [4.69, 9.17) is 0 Å². The van der Waals surface area contributed by atoms with Gasteiger partial charge in [-0.1, -0.05) is 0 Å². The number of hydrogen-bond acceptors (Lipinski definition) is 2. The molecule has 3 rings (SSSR count). The molecule has 1 saturated heterocycles. The molecule has 136 valence electrons. The number of hydrogen-bond donors (Lipinski definition) is 1. The first kappa shape index (κ1) is 17.6. The van der Waals surface area contributed by atoms with Gasteiger partial charge in [-0.15, -0.1) is 0 Å². The normalized spacial score (nSPS) is 18.6. The van der Waals surface area contributed by atoms with Crippen LogP contribution < -0.4 is 5.32 Å². The molecule has 0 aliphatic carbocycles. The maximum Gasteiger partial charge on any atom is 0.318 e. The number of aryl methyl sites for hydroxylation is 3. The summed E-state index contributed by atoms with van der Waals surface area (Å²) in [6, 6.07) is 4.44. The Labute approximate surface area is 149 Å². The summed E-state index contributed by atoms with van der Waals surface area (Å²) in [5, 5.41) is 7.65. The Hall–Kier alpha value is -2.24. The molecule has 0 aromatic carbocycles.